The lowest BCUT2D eigenvalue weighted by Crippen LogP contribution is -2.27. The monoisotopic (exact) mass is 456 g/mol. The maximum atomic E-state index is 12.6. The summed E-state index contributed by atoms with van der Waals surface area (Å²) < 4.78 is 24.8. The molecule has 3 aromatic carbocycles. The summed E-state index contributed by atoms with van der Waals surface area (Å²) in [5.41, 5.74) is 1.98. The van der Waals surface area contributed by atoms with Crippen LogP contribution >= 0.6 is 11.6 Å². The van der Waals surface area contributed by atoms with Crippen molar-refractivity contribution in [3.63, 3.8) is 0 Å². The van der Waals surface area contributed by atoms with E-state index in [0.29, 0.717) is 17.1 Å². The van der Waals surface area contributed by atoms with Crippen molar-refractivity contribution < 1.29 is 18.0 Å². The highest BCUT2D eigenvalue weighted by Crippen LogP contribution is 2.16. The van der Waals surface area contributed by atoms with Gasteiger partial charge in [-0.05, 0) is 35.4 Å². The number of nitrogens with one attached hydrogen (secondary N) is 2. The molecule has 2 amide bonds. The van der Waals surface area contributed by atoms with Gasteiger partial charge in [-0.1, -0.05) is 66.2 Å². The number of para-hydroxylation sites is 1. The van der Waals surface area contributed by atoms with Crippen LogP contribution in [0.4, 0.5) is 5.69 Å². The van der Waals surface area contributed by atoms with E-state index in [1.165, 1.54) is 0 Å². The van der Waals surface area contributed by atoms with E-state index in [-0.39, 0.29) is 22.9 Å². The predicted molar refractivity (Wildman–Crippen MR) is 122 cm³/mol. The number of anilines is 1. The molecule has 0 spiro atoms. The summed E-state index contributed by atoms with van der Waals surface area (Å²) in [7, 11) is -3.70. The number of hydrogen-bond acceptors (Lipinski definition) is 4. The third-order valence-corrected chi connectivity index (χ3v) is 6.12. The zero-order valence-corrected chi connectivity index (χ0v) is 18.1. The van der Waals surface area contributed by atoms with Gasteiger partial charge in [0.15, 0.2) is 9.84 Å². The van der Waals surface area contributed by atoms with Crippen LogP contribution in [-0.4, -0.2) is 26.0 Å². The van der Waals surface area contributed by atoms with Gasteiger partial charge in [0, 0.05) is 11.6 Å². The van der Waals surface area contributed by atoms with E-state index >= 15 is 0 Å². The first-order chi connectivity index (χ1) is 14.8. The van der Waals surface area contributed by atoms with Gasteiger partial charge < -0.3 is 10.6 Å². The summed E-state index contributed by atoms with van der Waals surface area (Å²) in [5, 5.41) is 5.84. The van der Waals surface area contributed by atoms with Gasteiger partial charge in [0.2, 0.25) is 5.91 Å². The first kappa shape index (κ1) is 22.5. The van der Waals surface area contributed by atoms with Gasteiger partial charge in [0.1, 0.15) is 5.75 Å². The van der Waals surface area contributed by atoms with E-state index in [2.05, 4.69) is 10.6 Å². The van der Waals surface area contributed by atoms with Crippen LogP contribution in [0.2, 0.25) is 5.02 Å². The molecule has 0 aliphatic rings. The van der Waals surface area contributed by atoms with Crippen molar-refractivity contribution in [2.75, 3.05) is 11.1 Å². The minimum absolute atomic E-state index is 0.250. The van der Waals surface area contributed by atoms with E-state index in [4.69, 9.17) is 11.6 Å². The third-order valence-electron chi connectivity index (χ3n) is 4.39. The molecular formula is C23H21ClN2O4S. The number of amides is 2. The summed E-state index contributed by atoms with van der Waals surface area (Å²) >= 11 is 5.81. The summed E-state index contributed by atoms with van der Waals surface area (Å²) in [6.07, 6.45) is 0. The van der Waals surface area contributed by atoms with Crippen LogP contribution in [-0.2, 0) is 26.9 Å². The number of rotatable bonds is 8. The first-order valence-corrected chi connectivity index (χ1v) is 11.7. The number of halogens is 1. The quantitative estimate of drug-likeness (QED) is 0.539. The van der Waals surface area contributed by atoms with Crippen LogP contribution in [0.5, 0.6) is 0 Å². The highest BCUT2D eigenvalue weighted by atomic mass is 35.5. The fraction of sp³-hybridized carbons (Fsp3) is 0.130. The molecule has 3 rings (SSSR count). The molecule has 31 heavy (non-hydrogen) atoms. The number of carbonyl (C=O) groups is 2. The second-order valence-electron chi connectivity index (χ2n) is 6.92. The average molecular weight is 457 g/mol. The van der Waals surface area contributed by atoms with Crippen LogP contribution in [0.15, 0.2) is 78.9 Å². The number of benzene rings is 3. The SMILES string of the molecule is O=C(CS(=O)(=O)Cc1ccc(Cl)cc1)Nc1ccccc1C(=O)NCc1ccccc1. The molecule has 0 fully saturated rings. The Balaban J connectivity index is 1.63. The highest BCUT2D eigenvalue weighted by Gasteiger charge is 2.19. The van der Waals surface area contributed by atoms with Gasteiger partial charge in [-0.15, -0.1) is 0 Å². The van der Waals surface area contributed by atoms with Crippen molar-refractivity contribution in [3.8, 4) is 0 Å². The molecule has 0 unspecified atom stereocenters. The van der Waals surface area contributed by atoms with Crippen LogP contribution in [0.1, 0.15) is 21.5 Å². The van der Waals surface area contributed by atoms with Gasteiger partial charge in [0.05, 0.1) is 17.0 Å². The van der Waals surface area contributed by atoms with Crippen molar-refractivity contribution in [2.24, 2.45) is 0 Å². The lowest BCUT2D eigenvalue weighted by molar-refractivity contribution is -0.113. The van der Waals surface area contributed by atoms with Gasteiger partial charge >= 0.3 is 0 Å². The van der Waals surface area contributed by atoms with Crippen molar-refractivity contribution in [1.82, 2.24) is 5.32 Å². The molecule has 2 N–H and O–H groups in total. The maximum Gasteiger partial charge on any atom is 0.253 e. The third kappa shape index (κ3) is 6.94. The maximum absolute atomic E-state index is 12.6. The molecule has 0 heterocycles. The molecule has 0 aliphatic heterocycles. The Morgan fingerprint density at radius 1 is 0.806 bits per heavy atom. The number of sulfone groups is 1. The van der Waals surface area contributed by atoms with Crippen LogP contribution in [0, 0.1) is 0 Å². The molecule has 6 nitrogen and oxygen atoms in total. The fourth-order valence-electron chi connectivity index (χ4n) is 2.94. The Labute approximate surface area is 186 Å². The number of carbonyl (C=O) groups excluding carboxylic acids is 2. The molecule has 0 aliphatic carbocycles. The molecular weight excluding hydrogens is 436 g/mol. The summed E-state index contributed by atoms with van der Waals surface area (Å²) in [5.74, 6) is -2.06. The van der Waals surface area contributed by atoms with E-state index < -0.39 is 21.5 Å². The minimum atomic E-state index is -3.70. The minimum Gasteiger partial charge on any atom is -0.348 e. The second-order valence-corrected chi connectivity index (χ2v) is 9.42. The molecule has 0 saturated carbocycles. The summed E-state index contributed by atoms with van der Waals surface area (Å²) in [6.45, 7) is 0.331. The van der Waals surface area contributed by atoms with E-state index in [9.17, 15) is 18.0 Å². The largest absolute Gasteiger partial charge is 0.348 e. The van der Waals surface area contributed by atoms with Crippen LogP contribution in [0.3, 0.4) is 0 Å². The Morgan fingerprint density at radius 2 is 1.45 bits per heavy atom. The van der Waals surface area contributed by atoms with Crippen molar-refractivity contribution in [2.45, 2.75) is 12.3 Å². The zero-order valence-electron chi connectivity index (χ0n) is 16.5. The summed E-state index contributed by atoms with van der Waals surface area (Å²) in [4.78, 5) is 25.0. The number of hydrogen-bond donors (Lipinski definition) is 2. The van der Waals surface area contributed by atoms with Crippen molar-refractivity contribution in [1.29, 1.82) is 0 Å². The molecule has 0 aromatic heterocycles. The van der Waals surface area contributed by atoms with Gasteiger partial charge in [-0.3, -0.25) is 9.59 Å². The Kier molecular flexibility index (Phi) is 7.44. The van der Waals surface area contributed by atoms with Crippen LogP contribution in [0.25, 0.3) is 0 Å². The fourth-order valence-corrected chi connectivity index (χ4v) is 4.34. The average Bonchev–Trinajstić information content (AvgIpc) is 2.74. The molecule has 0 radical (unpaired) electrons. The molecule has 160 valence electrons. The molecule has 0 saturated heterocycles. The lowest BCUT2D eigenvalue weighted by atomic mass is 10.1. The first-order valence-electron chi connectivity index (χ1n) is 9.48. The normalized spacial score (nSPS) is 11.0. The zero-order chi connectivity index (χ0) is 22.3. The van der Waals surface area contributed by atoms with Crippen molar-refractivity contribution in [3.05, 3.63) is 101 Å². The molecule has 0 atom stereocenters. The Bertz CT molecular complexity index is 1160. The highest BCUT2D eigenvalue weighted by molar-refractivity contribution is 7.91. The van der Waals surface area contributed by atoms with E-state index in [1.807, 2.05) is 30.3 Å². The molecule has 8 heteroatoms. The van der Waals surface area contributed by atoms with E-state index in [1.54, 1.807) is 48.5 Å². The Morgan fingerprint density at radius 3 is 2.16 bits per heavy atom. The lowest BCUT2D eigenvalue weighted by Gasteiger charge is -2.12. The van der Waals surface area contributed by atoms with Gasteiger partial charge in [-0.25, -0.2) is 8.42 Å². The van der Waals surface area contributed by atoms with Crippen LogP contribution < -0.4 is 10.6 Å². The molecule has 0 bridgehead atoms. The standard InChI is InChI=1S/C23H21ClN2O4S/c24-19-12-10-18(11-13-19)15-31(29,30)16-22(27)26-21-9-5-4-8-20(21)23(28)25-14-17-6-2-1-3-7-17/h1-13H,14-16H2,(H,25,28)(H,26,27). The Hall–Kier alpha value is -3.16. The topological polar surface area (TPSA) is 92.3 Å². The van der Waals surface area contributed by atoms with Gasteiger partial charge in [0.25, 0.3) is 5.91 Å². The smallest absolute Gasteiger partial charge is 0.253 e. The second kappa shape index (κ2) is 10.2. The van der Waals surface area contributed by atoms with E-state index in [0.717, 1.165) is 5.56 Å². The van der Waals surface area contributed by atoms with Gasteiger partial charge in [-0.2, -0.15) is 0 Å². The molecule has 3 aromatic rings. The summed E-state index contributed by atoms with van der Waals surface area (Å²) in [6, 6.07) is 22.3. The van der Waals surface area contributed by atoms with Crippen molar-refractivity contribution >= 4 is 38.9 Å². The predicted octanol–water partition coefficient (Wildman–Crippen LogP) is 3.82.